The monoisotopic (exact) mass is 230 g/mol. The van der Waals surface area contributed by atoms with E-state index in [1.807, 2.05) is 0 Å². The summed E-state index contributed by atoms with van der Waals surface area (Å²) in [4.78, 5) is 0. The Kier molecular flexibility index (Phi) is 5.06. The maximum Gasteiger partial charge on any atom is 0.00335 e. The Morgan fingerprint density at radius 3 is 2.65 bits per heavy atom. The van der Waals surface area contributed by atoms with Crippen molar-refractivity contribution < 1.29 is 0 Å². The van der Waals surface area contributed by atoms with Crippen LogP contribution < -0.4 is 0 Å². The summed E-state index contributed by atoms with van der Waals surface area (Å²) in [5.41, 5.74) is 7.79. The third-order valence-electron chi connectivity index (χ3n) is 4.36. The molecular formula is C17H26. The van der Waals surface area contributed by atoms with E-state index in [1.54, 1.807) is 0 Å². The predicted molar refractivity (Wildman–Crippen MR) is 75.9 cm³/mol. The Morgan fingerprint density at radius 1 is 1.24 bits per heavy atom. The third kappa shape index (κ3) is 3.77. The molecule has 0 heteroatoms. The first-order valence-corrected chi connectivity index (χ1v) is 6.81. The molecule has 0 fully saturated rings. The van der Waals surface area contributed by atoms with Crippen LogP contribution in [0.5, 0.6) is 0 Å². The van der Waals surface area contributed by atoms with Crippen molar-refractivity contribution >= 4 is 0 Å². The van der Waals surface area contributed by atoms with Gasteiger partial charge in [0.25, 0.3) is 0 Å². The molecule has 0 N–H and O–H groups in total. The third-order valence-corrected chi connectivity index (χ3v) is 4.36. The maximum absolute atomic E-state index is 4.32. The highest BCUT2D eigenvalue weighted by Crippen LogP contribution is 2.40. The van der Waals surface area contributed by atoms with E-state index in [0.29, 0.717) is 11.8 Å². The van der Waals surface area contributed by atoms with Crippen LogP contribution in [0.3, 0.4) is 0 Å². The topological polar surface area (TPSA) is 0 Å². The summed E-state index contributed by atoms with van der Waals surface area (Å²) in [6, 6.07) is 0. The van der Waals surface area contributed by atoms with Gasteiger partial charge in [0, 0.05) is 5.92 Å². The Morgan fingerprint density at radius 2 is 1.94 bits per heavy atom. The molecule has 0 aromatic rings. The summed E-state index contributed by atoms with van der Waals surface area (Å²) in [6.45, 7) is 13.5. The van der Waals surface area contributed by atoms with Gasteiger partial charge < -0.3 is 0 Å². The molecule has 0 radical (unpaired) electrons. The summed E-state index contributed by atoms with van der Waals surface area (Å²) in [5.74, 6) is 1.08. The van der Waals surface area contributed by atoms with Crippen molar-refractivity contribution in [1.29, 1.82) is 0 Å². The second-order valence-electron chi connectivity index (χ2n) is 5.88. The molecule has 0 aromatic carbocycles. The molecule has 0 bridgehead atoms. The van der Waals surface area contributed by atoms with Crippen LogP contribution in [-0.2, 0) is 0 Å². The minimum absolute atomic E-state index is 0.209. The van der Waals surface area contributed by atoms with Crippen LogP contribution in [0.25, 0.3) is 0 Å². The Labute approximate surface area is 107 Å². The van der Waals surface area contributed by atoms with E-state index in [-0.39, 0.29) is 5.41 Å². The molecule has 0 spiro atoms. The van der Waals surface area contributed by atoms with E-state index < -0.39 is 0 Å². The minimum atomic E-state index is 0.209. The van der Waals surface area contributed by atoms with Gasteiger partial charge in [-0.05, 0) is 42.7 Å². The molecule has 1 rings (SSSR count). The number of rotatable bonds is 0. The van der Waals surface area contributed by atoms with Crippen molar-refractivity contribution in [2.45, 2.75) is 53.4 Å². The predicted octanol–water partition coefficient (Wildman–Crippen LogP) is 5.28. The fourth-order valence-corrected chi connectivity index (χ4v) is 2.37. The van der Waals surface area contributed by atoms with Crippen LogP contribution in [0.15, 0.2) is 35.8 Å². The average Bonchev–Trinajstić information content (AvgIpc) is 2.29. The fraction of sp³-hybridized carbons (Fsp3) is 0.647. The summed E-state index contributed by atoms with van der Waals surface area (Å²) in [7, 11) is 0. The standard InChI is InChI=1S/C17H26/c1-14-12-10-8-6-7-9-11-13-15(2)17(4,5)16(14)3/h6,12,14-15H,3,7,9,11,13H2,1-2,4-5H3. The van der Waals surface area contributed by atoms with Crippen LogP contribution in [0.1, 0.15) is 53.4 Å². The van der Waals surface area contributed by atoms with E-state index >= 15 is 0 Å². The smallest absolute Gasteiger partial charge is 0.00335 e. The molecule has 0 aromatic heterocycles. The highest BCUT2D eigenvalue weighted by atomic mass is 14.3. The van der Waals surface area contributed by atoms with Crippen molar-refractivity contribution in [1.82, 2.24) is 0 Å². The van der Waals surface area contributed by atoms with E-state index in [9.17, 15) is 0 Å². The van der Waals surface area contributed by atoms with Gasteiger partial charge in [0.1, 0.15) is 0 Å². The molecule has 2 unspecified atom stereocenters. The van der Waals surface area contributed by atoms with E-state index in [1.165, 1.54) is 24.8 Å². The fourth-order valence-electron chi connectivity index (χ4n) is 2.37. The summed E-state index contributed by atoms with van der Waals surface area (Å²) in [5, 5.41) is 0. The van der Waals surface area contributed by atoms with Gasteiger partial charge >= 0.3 is 0 Å². The van der Waals surface area contributed by atoms with E-state index in [4.69, 9.17) is 0 Å². The van der Waals surface area contributed by atoms with Crippen LogP contribution in [0.2, 0.25) is 0 Å². The summed E-state index contributed by atoms with van der Waals surface area (Å²) in [6.07, 6.45) is 9.17. The van der Waals surface area contributed by atoms with Gasteiger partial charge in [0.05, 0.1) is 0 Å². The largest absolute Gasteiger partial charge is 0.0987 e. The molecule has 0 aliphatic heterocycles. The van der Waals surface area contributed by atoms with Gasteiger partial charge in [-0.2, -0.15) is 0 Å². The molecule has 0 saturated carbocycles. The molecule has 1 aliphatic carbocycles. The second kappa shape index (κ2) is 6.10. The zero-order valence-electron chi connectivity index (χ0n) is 11.8. The highest BCUT2D eigenvalue weighted by Gasteiger charge is 2.30. The Balaban J connectivity index is 2.98. The Bertz CT molecular complexity index is 357. The summed E-state index contributed by atoms with van der Waals surface area (Å²) >= 11 is 0. The minimum Gasteiger partial charge on any atom is -0.0987 e. The number of allylic oxidation sites excluding steroid dienone is 3. The highest BCUT2D eigenvalue weighted by molar-refractivity contribution is 5.17. The first-order chi connectivity index (χ1) is 7.96. The molecular weight excluding hydrogens is 204 g/mol. The van der Waals surface area contributed by atoms with Crippen molar-refractivity contribution in [3.63, 3.8) is 0 Å². The zero-order valence-corrected chi connectivity index (χ0v) is 11.8. The molecule has 94 valence electrons. The quantitative estimate of drug-likeness (QED) is 0.392. The second-order valence-corrected chi connectivity index (χ2v) is 5.88. The Hall–Kier alpha value is -0.960. The number of hydrogen-bond acceptors (Lipinski definition) is 0. The van der Waals surface area contributed by atoms with Crippen LogP contribution in [0.4, 0.5) is 0 Å². The van der Waals surface area contributed by atoms with Gasteiger partial charge in [0.15, 0.2) is 0 Å². The molecule has 0 heterocycles. The molecule has 1 aliphatic rings. The van der Waals surface area contributed by atoms with Crippen LogP contribution in [-0.4, -0.2) is 0 Å². The molecule has 0 nitrogen and oxygen atoms in total. The van der Waals surface area contributed by atoms with Gasteiger partial charge in [-0.1, -0.05) is 57.7 Å². The first-order valence-electron chi connectivity index (χ1n) is 6.81. The number of hydrogen-bond donors (Lipinski definition) is 0. The van der Waals surface area contributed by atoms with Gasteiger partial charge in [-0.3, -0.25) is 0 Å². The molecule has 17 heavy (non-hydrogen) atoms. The van der Waals surface area contributed by atoms with Crippen LogP contribution in [0, 0.1) is 17.3 Å². The molecule has 2 atom stereocenters. The normalized spacial score (nSPS) is 29.8. The lowest BCUT2D eigenvalue weighted by Crippen LogP contribution is -2.26. The van der Waals surface area contributed by atoms with Crippen molar-refractivity contribution in [2.75, 3.05) is 0 Å². The van der Waals surface area contributed by atoms with Gasteiger partial charge in [0.2, 0.25) is 0 Å². The first kappa shape index (κ1) is 14.1. The van der Waals surface area contributed by atoms with Crippen molar-refractivity contribution in [2.24, 2.45) is 17.3 Å². The summed E-state index contributed by atoms with van der Waals surface area (Å²) < 4.78 is 0. The van der Waals surface area contributed by atoms with Crippen LogP contribution >= 0.6 is 0 Å². The zero-order chi connectivity index (χ0) is 12.9. The average molecular weight is 230 g/mol. The van der Waals surface area contributed by atoms with Gasteiger partial charge in [-0.15, -0.1) is 0 Å². The molecule has 0 saturated heterocycles. The van der Waals surface area contributed by atoms with Gasteiger partial charge in [-0.25, -0.2) is 0 Å². The van der Waals surface area contributed by atoms with Crippen molar-refractivity contribution in [3.8, 4) is 0 Å². The lowest BCUT2D eigenvalue weighted by molar-refractivity contribution is 0.251. The SMILES string of the molecule is C=C1C(C)C=C=C=CCCCCC(C)C1(C)C. The van der Waals surface area contributed by atoms with Crippen molar-refractivity contribution in [3.05, 3.63) is 35.8 Å². The van der Waals surface area contributed by atoms with E-state index in [0.717, 1.165) is 6.42 Å². The molecule has 0 amide bonds. The maximum atomic E-state index is 4.32. The lowest BCUT2D eigenvalue weighted by Gasteiger charge is -2.36. The van der Waals surface area contributed by atoms with E-state index in [2.05, 4.69) is 57.9 Å². The lowest BCUT2D eigenvalue weighted by atomic mass is 9.69.